The van der Waals surface area contributed by atoms with Crippen LogP contribution in [0.15, 0.2) is 42.5 Å². The molecule has 2 aromatic rings. The molecule has 0 saturated carbocycles. The second kappa shape index (κ2) is 8.17. The molecular formula is C18H15FN2O6. The highest BCUT2D eigenvalue weighted by Gasteiger charge is 2.17. The van der Waals surface area contributed by atoms with Gasteiger partial charge in [-0.3, -0.25) is 14.4 Å². The maximum absolute atomic E-state index is 12.8. The molecule has 1 heterocycles. The molecule has 2 aromatic carbocycles. The lowest BCUT2D eigenvalue weighted by Crippen LogP contribution is -2.32. The number of esters is 1. The molecule has 140 valence electrons. The van der Waals surface area contributed by atoms with E-state index in [1.165, 1.54) is 36.4 Å². The number of ether oxygens (including phenoxy) is 3. The van der Waals surface area contributed by atoms with E-state index in [-0.39, 0.29) is 6.79 Å². The van der Waals surface area contributed by atoms with Gasteiger partial charge in [0.2, 0.25) is 6.79 Å². The van der Waals surface area contributed by atoms with Crippen molar-refractivity contribution in [2.45, 2.75) is 0 Å². The van der Waals surface area contributed by atoms with Gasteiger partial charge in [-0.2, -0.15) is 0 Å². The van der Waals surface area contributed by atoms with Gasteiger partial charge in [0.25, 0.3) is 11.8 Å². The summed E-state index contributed by atoms with van der Waals surface area (Å²) in [5, 5.41) is 4.83. The number of nitrogens with one attached hydrogen (secondary N) is 2. The van der Waals surface area contributed by atoms with Gasteiger partial charge in [-0.25, -0.2) is 4.39 Å². The van der Waals surface area contributed by atoms with Crippen molar-refractivity contribution in [2.75, 3.05) is 25.3 Å². The molecule has 3 rings (SSSR count). The Labute approximate surface area is 153 Å². The summed E-state index contributed by atoms with van der Waals surface area (Å²) in [6.07, 6.45) is 0. The molecule has 0 unspecified atom stereocenters. The number of amides is 2. The second-order valence-electron chi connectivity index (χ2n) is 5.47. The van der Waals surface area contributed by atoms with Crippen LogP contribution in [-0.4, -0.2) is 37.7 Å². The Morgan fingerprint density at radius 2 is 1.78 bits per heavy atom. The van der Waals surface area contributed by atoms with Gasteiger partial charge in [0.05, 0.1) is 0 Å². The maximum atomic E-state index is 12.8. The fraction of sp³-hybridized carbons (Fsp3) is 0.167. The second-order valence-corrected chi connectivity index (χ2v) is 5.47. The number of carbonyl (C=O) groups excluding carboxylic acids is 3. The van der Waals surface area contributed by atoms with Gasteiger partial charge in [0, 0.05) is 11.3 Å². The van der Waals surface area contributed by atoms with E-state index in [9.17, 15) is 18.8 Å². The largest absolute Gasteiger partial charge is 0.454 e. The topological polar surface area (TPSA) is 103 Å². The van der Waals surface area contributed by atoms with Crippen molar-refractivity contribution in [1.82, 2.24) is 5.32 Å². The molecule has 2 N–H and O–H groups in total. The van der Waals surface area contributed by atoms with Crippen molar-refractivity contribution >= 4 is 23.5 Å². The molecule has 1 aliphatic rings. The lowest BCUT2D eigenvalue weighted by atomic mass is 10.2. The number of hydrogen-bond donors (Lipinski definition) is 2. The van der Waals surface area contributed by atoms with E-state index in [1.807, 2.05) is 0 Å². The average Bonchev–Trinajstić information content (AvgIpc) is 3.14. The predicted molar refractivity (Wildman–Crippen MR) is 90.9 cm³/mol. The number of halogens is 1. The number of fused-ring (bicyclic) bond motifs is 1. The highest BCUT2D eigenvalue weighted by molar-refractivity contribution is 5.97. The van der Waals surface area contributed by atoms with Gasteiger partial charge >= 0.3 is 5.97 Å². The van der Waals surface area contributed by atoms with Gasteiger partial charge in [0.1, 0.15) is 12.4 Å². The zero-order valence-electron chi connectivity index (χ0n) is 14.0. The van der Waals surface area contributed by atoms with Crippen LogP contribution in [-0.2, 0) is 14.3 Å². The van der Waals surface area contributed by atoms with E-state index in [0.29, 0.717) is 22.7 Å². The first-order valence-corrected chi connectivity index (χ1v) is 7.90. The number of rotatable bonds is 6. The number of hydrogen-bond acceptors (Lipinski definition) is 6. The lowest BCUT2D eigenvalue weighted by molar-refractivity contribution is -0.146. The molecular weight excluding hydrogens is 359 g/mol. The summed E-state index contributed by atoms with van der Waals surface area (Å²) >= 11 is 0. The van der Waals surface area contributed by atoms with Gasteiger partial charge in [-0.05, 0) is 42.5 Å². The van der Waals surface area contributed by atoms with Crippen molar-refractivity contribution in [3.8, 4) is 11.5 Å². The number of benzene rings is 2. The molecule has 0 radical (unpaired) electrons. The van der Waals surface area contributed by atoms with E-state index in [4.69, 9.17) is 14.2 Å². The molecule has 8 nitrogen and oxygen atoms in total. The van der Waals surface area contributed by atoms with Crippen LogP contribution in [0.4, 0.5) is 10.1 Å². The van der Waals surface area contributed by atoms with Crippen LogP contribution < -0.4 is 20.1 Å². The molecule has 0 bridgehead atoms. The molecule has 0 atom stereocenters. The predicted octanol–water partition coefficient (Wildman–Crippen LogP) is 1.47. The third-order valence-electron chi connectivity index (χ3n) is 3.52. The van der Waals surface area contributed by atoms with Crippen LogP contribution >= 0.6 is 0 Å². The first-order valence-electron chi connectivity index (χ1n) is 7.90. The molecule has 0 spiro atoms. The molecule has 1 aliphatic heterocycles. The summed E-state index contributed by atoms with van der Waals surface area (Å²) in [6, 6.07) is 9.75. The molecule has 27 heavy (non-hydrogen) atoms. The van der Waals surface area contributed by atoms with E-state index < -0.39 is 36.8 Å². The Morgan fingerprint density at radius 3 is 2.56 bits per heavy atom. The minimum Gasteiger partial charge on any atom is -0.454 e. The molecule has 0 fully saturated rings. The summed E-state index contributed by atoms with van der Waals surface area (Å²) in [5.74, 6) is -1.31. The van der Waals surface area contributed by atoms with Crippen molar-refractivity contribution in [3.63, 3.8) is 0 Å². The van der Waals surface area contributed by atoms with Crippen molar-refractivity contribution in [3.05, 3.63) is 53.8 Å². The quantitative estimate of drug-likeness (QED) is 0.743. The summed E-state index contributed by atoms with van der Waals surface area (Å²) in [6.45, 7) is -0.847. The zero-order chi connectivity index (χ0) is 19.2. The minimum absolute atomic E-state index is 0.0900. The molecule has 0 aromatic heterocycles. The van der Waals surface area contributed by atoms with Crippen molar-refractivity contribution in [1.29, 1.82) is 0 Å². The molecule has 0 saturated heterocycles. The molecule has 9 heteroatoms. The highest BCUT2D eigenvalue weighted by Crippen LogP contribution is 2.32. The Bertz CT molecular complexity index is 869. The molecule has 0 aliphatic carbocycles. The standard InChI is InChI=1S/C18H15FN2O6/c19-12-2-4-13(5-3-12)21-16(22)9-25-17(23)8-20-18(24)11-1-6-14-15(7-11)27-10-26-14/h1-7H,8-10H2,(H,20,24)(H,21,22). The fourth-order valence-corrected chi connectivity index (χ4v) is 2.22. The van der Waals surface area contributed by atoms with E-state index in [1.54, 1.807) is 6.07 Å². The Hall–Kier alpha value is -3.62. The van der Waals surface area contributed by atoms with Gasteiger partial charge < -0.3 is 24.8 Å². The third kappa shape index (κ3) is 4.94. The highest BCUT2D eigenvalue weighted by atomic mass is 19.1. The van der Waals surface area contributed by atoms with Crippen LogP contribution in [0.2, 0.25) is 0 Å². The fourth-order valence-electron chi connectivity index (χ4n) is 2.22. The van der Waals surface area contributed by atoms with Gasteiger partial charge in [0.15, 0.2) is 18.1 Å². The SMILES string of the molecule is O=C(COC(=O)CNC(=O)c1ccc2c(c1)OCO2)Nc1ccc(F)cc1. The number of carbonyl (C=O) groups is 3. The van der Waals surface area contributed by atoms with Crippen LogP contribution in [0.5, 0.6) is 11.5 Å². The number of anilines is 1. The van der Waals surface area contributed by atoms with E-state index in [0.717, 1.165) is 0 Å². The van der Waals surface area contributed by atoms with Crippen LogP contribution in [0.1, 0.15) is 10.4 Å². The minimum atomic E-state index is -0.779. The first-order chi connectivity index (χ1) is 13.0. The molecule has 2 amide bonds. The van der Waals surface area contributed by atoms with Crippen LogP contribution in [0.3, 0.4) is 0 Å². The van der Waals surface area contributed by atoms with Crippen molar-refractivity contribution in [2.24, 2.45) is 0 Å². The normalized spacial score (nSPS) is 11.6. The summed E-state index contributed by atoms with van der Waals surface area (Å²) < 4.78 is 27.9. The summed E-state index contributed by atoms with van der Waals surface area (Å²) in [5.41, 5.74) is 0.662. The average molecular weight is 374 g/mol. The van der Waals surface area contributed by atoms with Crippen molar-refractivity contribution < 1.29 is 33.0 Å². The monoisotopic (exact) mass is 374 g/mol. The smallest absolute Gasteiger partial charge is 0.325 e. The van der Waals surface area contributed by atoms with E-state index >= 15 is 0 Å². The van der Waals surface area contributed by atoms with Gasteiger partial charge in [-0.1, -0.05) is 0 Å². The third-order valence-corrected chi connectivity index (χ3v) is 3.52. The van der Waals surface area contributed by atoms with Crippen LogP contribution in [0.25, 0.3) is 0 Å². The zero-order valence-corrected chi connectivity index (χ0v) is 14.0. The lowest BCUT2D eigenvalue weighted by Gasteiger charge is -2.08. The Balaban J connectivity index is 1.40. The summed E-state index contributed by atoms with van der Waals surface area (Å²) in [4.78, 5) is 35.4. The Kier molecular flexibility index (Phi) is 5.50. The van der Waals surface area contributed by atoms with Gasteiger partial charge in [-0.15, -0.1) is 0 Å². The van der Waals surface area contributed by atoms with Crippen LogP contribution in [0, 0.1) is 5.82 Å². The summed E-state index contributed by atoms with van der Waals surface area (Å²) in [7, 11) is 0. The maximum Gasteiger partial charge on any atom is 0.325 e. The first kappa shape index (κ1) is 18.2. The Morgan fingerprint density at radius 1 is 1.04 bits per heavy atom. The van der Waals surface area contributed by atoms with E-state index in [2.05, 4.69) is 10.6 Å².